The van der Waals surface area contributed by atoms with Crippen LogP contribution in [0.1, 0.15) is 88.0 Å². The molecule has 2 rings (SSSR count). The molecule has 5 nitrogen and oxygen atoms in total. The highest BCUT2D eigenvalue weighted by Crippen LogP contribution is 2.46. The van der Waals surface area contributed by atoms with Gasteiger partial charge >= 0.3 is 5.97 Å². The van der Waals surface area contributed by atoms with Crippen molar-refractivity contribution in [2.45, 2.75) is 99.9 Å². The lowest BCUT2D eigenvalue weighted by Crippen LogP contribution is -2.31. The van der Waals surface area contributed by atoms with Crippen LogP contribution in [0.4, 0.5) is 0 Å². The third kappa shape index (κ3) is 9.48. The lowest BCUT2D eigenvalue weighted by Gasteiger charge is -2.39. The highest BCUT2D eigenvalue weighted by Gasteiger charge is 2.36. The Balaban J connectivity index is 2.49. The lowest BCUT2D eigenvalue weighted by molar-refractivity contribution is -0.131. The maximum Gasteiger partial charge on any atom is 0.328 e. The van der Waals surface area contributed by atoms with Crippen molar-refractivity contribution in [1.82, 2.24) is 0 Å². The maximum absolute atomic E-state index is 11.2. The molecule has 0 amide bonds. The summed E-state index contributed by atoms with van der Waals surface area (Å²) < 4.78 is 19.6. The van der Waals surface area contributed by atoms with Gasteiger partial charge in [0.25, 0.3) is 0 Å². The number of thiophene rings is 1. The molecule has 0 aliphatic rings. The highest BCUT2D eigenvalue weighted by atomic mass is 32.1. The SMILES string of the molecule is CCC(=CC(=O)O)c1ccc(COc2ccc(C(O[SiH](C)C)C(C)(C)C)c(C(O[SiH](C)C)C(C)(C)C)c2)s1. The van der Waals surface area contributed by atoms with E-state index < -0.39 is 24.0 Å². The molecule has 1 aromatic carbocycles. The van der Waals surface area contributed by atoms with E-state index in [9.17, 15) is 4.79 Å². The molecule has 0 fully saturated rings. The van der Waals surface area contributed by atoms with Crippen LogP contribution >= 0.6 is 11.3 Å². The van der Waals surface area contributed by atoms with E-state index in [0.29, 0.717) is 13.0 Å². The number of benzene rings is 1. The number of aliphatic carboxylic acids is 1. The second-order valence-corrected chi connectivity index (χ2v) is 18.5. The first-order valence-electron chi connectivity index (χ1n) is 13.6. The zero-order valence-corrected chi connectivity index (χ0v) is 28.3. The Bertz CT molecular complexity index is 1090. The Morgan fingerprint density at radius 2 is 1.47 bits per heavy atom. The van der Waals surface area contributed by atoms with Crippen LogP contribution in [0.15, 0.2) is 36.4 Å². The fourth-order valence-corrected chi connectivity index (χ4v) is 7.62. The van der Waals surface area contributed by atoms with Crippen LogP contribution in [-0.2, 0) is 20.3 Å². The summed E-state index contributed by atoms with van der Waals surface area (Å²) in [6, 6.07) is 10.4. The van der Waals surface area contributed by atoms with E-state index >= 15 is 0 Å². The summed E-state index contributed by atoms with van der Waals surface area (Å²) in [6.45, 7) is 24.7. The Kier molecular flexibility index (Phi) is 11.6. The molecule has 0 saturated carbocycles. The number of carboxylic acid groups (broad SMARTS) is 1. The van der Waals surface area contributed by atoms with Gasteiger partial charge in [-0.1, -0.05) is 54.5 Å². The molecule has 0 spiro atoms. The van der Waals surface area contributed by atoms with Gasteiger partial charge in [0.15, 0.2) is 18.1 Å². The number of carbonyl (C=O) groups is 1. The Morgan fingerprint density at radius 3 is 1.95 bits per heavy atom. The minimum Gasteiger partial charge on any atom is -0.488 e. The average molecular weight is 577 g/mol. The van der Waals surface area contributed by atoms with Crippen LogP contribution in [-0.4, -0.2) is 29.2 Å². The van der Waals surface area contributed by atoms with E-state index in [2.05, 4.69) is 79.9 Å². The molecule has 2 unspecified atom stereocenters. The van der Waals surface area contributed by atoms with Crippen LogP contribution in [0.2, 0.25) is 26.2 Å². The first-order chi connectivity index (χ1) is 17.5. The first kappa shape index (κ1) is 32.5. The van der Waals surface area contributed by atoms with E-state index in [1.807, 2.05) is 25.1 Å². The predicted molar refractivity (Wildman–Crippen MR) is 165 cm³/mol. The second kappa shape index (κ2) is 13.6. The van der Waals surface area contributed by atoms with Crippen LogP contribution in [0, 0.1) is 10.8 Å². The minimum absolute atomic E-state index is 0.0335. The van der Waals surface area contributed by atoms with E-state index in [4.69, 9.17) is 18.7 Å². The largest absolute Gasteiger partial charge is 0.488 e. The van der Waals surface area contributed by atoms with Gasteiger partial charge in [0, 0.05) is 15.8 Å². The first-order valence-corrected chi connectivity index (χ1v) is 20.0. The van der Waals surface area contributed by atoms with E-state index in [0.717, 1.165) is 26.6 Å². The van der Waals surface area contributed by atoms with Crippen molar-refractivity contribution in [3.8, 4) is 5.75 Å². The molecule has 0 saturated heterocycles. The number of allylic oxidation sites excluding steroid dienone is 1. The summed E-state index contributed by atoms with van der Waals surface area (Å²) in [4.78, 5) is 13.2. The Morgan fingerprint density at radius 1 is 0.921 bits per heavy atom. The second-order valence-electron chi connectivity index (χ2n) is 12.6. The number of hydrogen-bond acceptors (Lipinski definition) is 5. The van der Waals surface area contributed by atoms with Gasteiger partial charge < -0.3 is 18.7 Å². The normalized spacial score (nSPS) is 14.7. The van der Waals surface area contributed by atoms with Gasteiger partial charge in [-0.25, -0.2) is 4.79 Å². The van der Waals surface area contributed by atoms with Gasteiger partial charge in [0.05, 0.1) is 12.2 Å². The molecule has 0 aliphatic carbocycles. The summed E-state index contributed by atoms with van der Waals surface area (Å²) >= 11 is 1.58. The lowest BCUT2D eigenvalue weighted by atomic mass is 9.77. The quantitative estimate of drug-likeness (QED) is 0.203. The van der Waals surface area contributed by atoms with Crippen molar-refractivity contribution in [1.29, 1.82) is 0 Å². The van der Waals surface area contributed by atoms with Crippen LogP contribution in [0.5, 0.6) is 5.75 Å². The molecular weight excluding hydrogens is 529 g/mol. The smallest absolute Gasteiger partial charge is 0.328 e. The van der Waals surface area contributed by atoms with Crippen LogP contribution < -0.4 is 4.74 Å². The summed E-state index contributed by atoms with van der Waals surface area (Å²) in [5.41, 5.74) is 2.99. The number of rotatable bonds is 12. The topological polar surface area (TPSA) is 65.0 Å². The van der Waals surface area contributed by atoms with Crippen molar-refractivity contribution >= 4 is 41.0 Å². The van der Waals surface area contributed by atoms with Gasteiger partial charge in [0.2, 0.25) is 0 Å². The molecule has 2 atom stereocenters. The van der Waals surface area contributed by atoms with Gasteiger partial charge in [0.1, 0.15) is 12.4 Å². The van der Waals surface area contributed by atoms with Gasteiger partial charge in [-0.3, -0.25) is 0 Å². The molecule has 0 aliphatic heterocycles. The predicted octanol–water partition coefficient (Wildman–Crippen LogP) is 8.38. The third-order valence-corrected chi connectivity index (χ3v) is 8.82. The molecule has 0 bridgehead atoms. The fraction of sp³-hybridized carbons (Fsp3) is 0.567. The zero-order valence-electron chi connectivity index (χ0n) is 25.2. The van der Waals surface area contributed by atoms with Gasteiger partial charge in [-0.15, -0.1) is 11.3 Å². The standard InChI is InChI=1S/C30H48O5SSi2/c1-12-20(17-26(31)32)25-16-14-22(36-25)19-33-21-13-15-23(27(29(2,3)4)34-37(8)9)24(18-21)28(30(5,6)7)35-38(10)11/h13-18,27-28,37-38H,12,19H2,1-11H3,(H,31,32). The van der Waals surface area contributed by atoms with E-state index in [1.165, 1.54) is 11.6 Å². The summed E-state index contributed by atoms with van der Waals surface area (Å²) in [7, 11) is -2.65. The maximum atomic E-state index is 11.2. The molecule has 1 heterocycles. The number of ether oxygens (including phenoxy) is 1. The number of carboxylic acids is 1. The zero-order chi connectivity index (χ0) is 28.8. The summed E-state index contributed by atoms with van der Waals surface area (Å²) in [5, 5.41) is 9.17. The van der Waals surface area contributed by atoms with Crippen molar-refractivity contribution in [3.05, 3.63) is 57.3 Å². The minimum atomic E-state index is -1.34. The Hall–Kier alpha value is -1.72. The molecule has 8 heteroatoms. The van der Waals surface area contributed by atoms with Gasteiger partial charge in [-0.05, 0) is 84.4 Å². The fourth-order valence-electron chi connectivity index (χ4n) is 4.42. The average Bonchev–Trinajstić information content (AvgIpc) is 3.25. The molecule has 1 aromatic heterocycles. The molecular formula is C30H48O5SSi2. The van der Waals surface area contributed by atoms with Crippen molar-refractivity contribution in [3.63, 3.8) is 0 Å². The summed E-state index contributed by atoms with van der Waals surface area (Å²) in [6.07, 6.45) is 1.85. The van der Waals surface area contributed by atoms with Crippen LogP contribution in [0.25, 0.3) is 5.57 Å². The van der Waals surface area contributed by atoms with Crippen molar-refractivity contribution in [2.75, 3.05) is 0 Å². The highest BCUT2D eigenvalue weighted by molar-refractivity contribution is 7.13. The Labute approximate surface area is 237 Å². The number of hydrogen-bond donors (Lipinski definition) is 1. The molecule has 0 radical (unpaired) electrons. The third-order valence-electron chi connectivity index (χ3n) is 6.05. The van der Waals surface area contributed by atoms with Crippen molar-refractivity contribution < 1.29 is 23.5 Å². The van der Waals surface area contributed by atoms with E-state index in [1.54, 1.807) is 11.3 Å². The van der Waals surface area contributed by atoms with Crippen LogP contribution in [0.3, 0.4) is 0 Å². The monoisotopic (exact) mass is 576 g/mol. The van der Waals surface area contributed by atoms with Gasteiger partial charge in [-0.2, -0.15) is 0 Å². The molecule has 38 heavy (non-hydrogen) atoms. The van der Waals surface area contributed by atoms with E-state index in [-0.39, 0.29) is 23.0 Å². The molecule has 2 aromatic rings. The molecule has 1 N–H and O–H groups in total. The summed E-state index contributed by atoms with van der Waals surface area (Å²) in [5.74, 6) is -0.119. The molecule has 212 valence electrons. The van der Waals surface area contributed by atoms with Crippen molar-refractivity contribution in [2.24, 2.45) is 10.8 Å².